The number of benzene rings is 1. The Bertz CT molecular complexity index is 582. The SMILES string of the molecule is CN(C)c1nnc(SCc2ccc(C(=O)NN)cc2)s1. The van der Waals surface area contributed by atoms with E-state index < -0.39 is 0 Å². The minimum Gasteiger partial charge on any atom is -0.353 e. The summed E-state index contributed by atoms with van der Waals surface area (Å²) in [4.78, 5) is 13.2. The molecule has 2 rings (SSSR count). The third kappa shape index (κ3) is 3.69. The Morgan fingerprint density at radius 1 is 1.35 bits per heavy atom. The molecule has 3 N–H and O–H groups in total. The number of hydrogen-bond acceptors (Lipinski definition) is 7. The molecule has 1 heterocycles. The molecule has 0 bridgehead atoms. The summed E-state index contributed by atoms with van der Waals surface area (Å²) in [5.41, 5.74) is 3.77. The second-order valence-corrected chi connectivity index (χ2v) is 6.38. The first-order chi connectivity index (χ1) is 9.60. The van der Waals surface area contributed by atoms with Crippen molar-refractivity contribution >= 4 is 34.1 Å². The summed E-state index contributed by atoms with van der Waals surface area (Å²) in [6.07, 6.45) is 0. The third-order valence-electron chi connectivity index (χ3n) is 2.49. The molecule has 0 spiro atoms. The highest BCUT2D eigenvalue weighted by Gasteiger charge is 2.07. The molecule has 0 saturated carbocycles. The van der Waals surface area contributed by atoms with Gasteiger partial charge in [-0.15, -0.1) is 10.2 Å². The quantitative estimate of drug-likeness (QED) is 0.377. The largest absolute Gasteiger partial charge is 0.353 e. The summed E-state index contributed by atoms with van der Waals surface area (Å²) in [7, 11) is 3.88. The van der Waals surface area contributed by atoms with E-state index in [1.54, 1.807) is 35.2 Å². The van der Waals surface area contributed by atoms with Gasteiger partial charge in [0.15, 0.2) is 4.34 Å². The Morgan fingerprint density at radius 2 is 2.05 bits per heavy atom. The van der Waals surface area contributed by atoms with Gasteiger partial charge in [0.1, 0.15) is 0 Å². The van der Waals surface area contributed by atoms with Gasteiger partial charge in [0.2, 0.25) is 5.13 Å². The fourth-order valence-electron chi connectivity index (χ4n) is 1.42. The van der Waals surface area contributed by atoms with E-state index in [1.807, 2.05) is 31.1 Å². The summed E-state index contributed by atoms with van der Waals surface area (Å²) >= 11 is 3.18. The number of nitrogens with one attached hydrogen (secondary N) is 1. The summed E-state index contributed by atoms with van der Waals surface area (Å²) in [5, 5.41) is 9.10. The fraction of sp³-hybridized carbons (Fsp3) is 0.250. The molecule has 0 aliphatic heterocycles. The smallest absolute Gasteiger partial charge is 0.265 e. The first kappa shape index (κ1) is 14.8. The van der Waals surface area contributed by atoms with Crippen LogP contribution in [0.5, 0.6) is 0 Å². The van der Waals surface area contributed by atoms with Crippen LogP contribution in [0.4, 0.5) is 5.13 Å². The number of hydrazine groups is 1. The zero-order valence-corrected chi connectivity index (χ0v) is 12.8. The van der Waals surface area contributed by atoms with Gasteiger partial charge in [0, 0.05) is 25.4 Å². The summed E-state index contributed by atoms with van der Waals surface area (Å²) in [6.45, 7) is 0. The Labute approximate surface area is 125 Å². The lowest BCUT2D eigenvalue weighted by Crippen LogP contribution is -2.29. The predicted octanol–water partition coefficient (Wildman–Crippen LogP) is 1.50. The number of nitrogens with zero attached hydrogens (tertiary/aromatic N) is 3. The van der Waals surface area contributed by atoms with Crippen LogP contribution in [0.15, 0.2) is 28.6 Å². The number of carbonyl (C=O) groups is 1. The molecule has 0 unspecified atom stereocenters. The average Bonchev–Trinajstić information content (AvgIpc) is 2.94. The lowest BCUT2D eigenvalue weighted by molar-refractivity contribution is 0.0953. The Morgan fingerprint density at radius 3 is 2.60 bits per heavy atom. The van der Waals surface area contributed by atoms with E-state index in [0.29, 0.717) is 5.56 Å². The number of anilines is 1. The summed E-state index contributed by atoms with van der Waals surface area (Å²) in [6, 6.07) is 7.32. The van der Waals surface area contributed by atoms with Gasteiger partial charge in [-0.3, -0.25) is 10.2 Å². The summed E-state index contributed by atoms with van der Waals surface area (Å²) < 4.78 is 0.928. The van der Waals surface area contributed by atoms with Crippen molar-refractivity contribution in [3.63, 3.8) is 0 Å². The number of nitrogen functional groups attached to an aromatic ring is 1. The number of carbonyl (C=O) groups excluding carboxylic acids is 1. The second-order valence-electron chi connectivity index (χ2n) is 4.20. The number of nitrogens with two attached hydrogens (primary N) is 1. The molecule has 2 aromatic rings. The molecular formula is C12H15N5OS2. The van der Waals surface area contributed by atoms with Crippen LogP contribution >= 0.6 is 23.1 Å². The van der Waals surface area contributed by atoms with E-state index in [2.05, 4.69) is 15.6 Å². The zero-order chi connectivity index (χ0) is 14.5. The van der Waals surface area contributed by atoms with E-state index >= 15 is 0 Å². The maximum Gasteiger partial charge on any atom is 0.265 e. The Balaban J connectivity index is 1.95. The molecule has 0 radical (unpaired) electrons. The van der Waals surface area contributed by atoms with Crippen molar-refractivity contribution in [2.45, 2.75) is 10.1 Å². The van der Waals surface area contributed by atoms with Gasteiger partial charge in [0.25, 0.3) is 5.91 Å². The average molecular weight is 309 g/mol. The molecule has 8 heteroatoms. The minimum absolute atomic E-state index is 0.288. The lowest BCUT2D eigenvalue weighted by atomic mass is 10.1. The van der Waals surface area contributed by atoms with E-state index in [9.17, 15) is 4.79 Å². The van der Waals surface area contributed by atoms with Crippen LogP contribution < -0.4 is 16.2 Å². The summed E-state index contributed by atoms with van der Waals surface area (Å²) in [5.74, 6) is 5.58. The van der Waals surface area contributed by atoms with Gasteiger partial charge >= 0.3 is 0 Å². The van der Waals surface area contributed by atoms with Gasteiger partial charge in [-0.05, 0) is 17.7 Å². The molecule has 0 atom stereocenters. The van der Waals surface area contributed by atoms with Crippen molar-refractivity contribution in [1.82, 2.24) is 15.6 Å². The van der Waals surface area contributed by atoms with Crippen LogP contribution in [0, 0.1) is 0 Å². The molecule has 0 fully saturated rings. The van der Waals surface area contributed by atoms with Crippen LogP contribution in [0.3, 0.4) is 0 Å². The van der Waals surface area contributed by atoms with Crippen molar-refractivity contribution in [2.24, 2.45) is 5.84 Å². The molecule has 20 heavy (non-hydrogen) atoms. The van der Waals surface area contributed by atoms with Crippen molar-refractivity contribution in [3.05, 3.63) is 35.4 Å². The predicted molar refractivity (Wildman–Crippen MR) is 81.9 cm³/mol. The normalized spacial score (nSPS) is 10.3. The van der Waals surface area contributed by atoms with Gasteiger partial charge in [-0.1, -0.05) is 35.2 Å². The topological polar surface area (TPSA) is 84.1 Å². The number of thioether (sulfide) groups is 1. The second kappa shape index (κ2) is 6.69. The third-order valence-corrected chi connectivity index (χ3v) is 4.78. The van der Waals surface area contributed by atoms with E-state index in [-0.39, 0.29) is 5.91 Å². The Kier molecular flexibility index (Phi) is 4.94. The van der Waals surface area contributed by atoms with Crippen LogP contribution in [0.25, 0.3) is 0 Å². The maximum atomic E-state index is 11.3. The maximum absolute atomic E-state index is 11.3. The molecule has 0 saturated heterocycles. The highest BCUT2D eigenvalue weighted by molar-refractivity contribution is 8.00. The number of hydrogen-bond donors (Lipinski definition) is 2. The van der Waals surface area contributed by atoms with Gasteiger partial charge < -0.3 is 4.90 Å². The molecule has 6 nitrogen and oxygen atoms in total. The van der Waals surface area contributed by atoms with Crippen LogP contribution in [0.1, 0.15) is 15.9 Å². The standard InChI is InChI=1S/C12H15N5OS2/c1-17(2)11-15-16-12(20-11)19-7-8-3-5-9(6-4-8)10(18)14-13/h3-6H,7,13H2,1-2H3,(H,14,18). The Hall–Kier alpha value is -1.64. The number of amides is 1. The van der Waals surface area contributed by atoms with Crippen molar-refractivity contribution in [1.29, 1.82) is 0 Å². The van der Waals surface area contributed by atoms with Crippen LogP contribution in [-0.2, 0) is 5.75 Å². The minimum atomic E-state index is -0.288. The molecular weight excluding hydrogens is 294 g/mol. The van der Waals surface area contributed by atoms with Gasteiger partial charge in [-0.2, -0.15) is 0 Å². The van der Waals surface area contributed by atoms with Gasteiger partial charge in [0.05, 0.1) is 0 Å². The fourth-order valence-corrected chi connectivity index (χ4v) is 3.14. The lowest BCUT2D eigenvalue weighted by Gasteiger charge is -2.04. The first-order valence-corrected chi connectivity index (χ1v) is 7.64. The van der Waals surface area contributed by atoms with Crippen LogP contribution in [0.2, 0.25) is 0 Å². The molecule has 1 aromatic carbocycles. The van der Waals surface area contributed by atoms with E-state index in [4.69, 9.17) is 5.84 Å². The van der Waals surface area contributed by atoms with Crippen molar-refractivity contribution in [3.8, 4) is 0 Å². The molecule has 0 aliphatic carbocycles. The molecule has 1 aromatic heterocycles. The van der Waals surface area contributed by atoms with Crippen LogP contribution in [-0.4, -0.2) is 30.2 Å². The molecule has 0 aliphatic rings. The van der Waals surface area contributed by atoms with E-state index in [1.165, 1.54) is 0 Å². The zero-order valence-electron chi connectivity index (χ0n) is 11.2. The highest BCUT2D eigenvalue weighted by atomic mass is 32.2. The van der Waals surface area contributed by atoms with E-state index in [0.717, 1.165) is 20.8 Å². The van der Waals surface area contributed by atoms with Crippen molar-refractivity contribution < 1.29 is 4.79 Å². The monoisotopic (exact) mass is 309 g/mol. The van der Waals surface area contributed by atoms with Crippen molar-refractivity contribution in [2.75, 3.05) is 19.0 Å². The molecule has 106 valence electrons. The molecule has 1 amide bonds. The van der Waals surface area contributed by atoms with Gasteiger partial charge in [-0.25, -0.2) is 5.84 Å². The number of aromatic nitrogens is 2. The number of rotatable bonds is 5. The first-order valence-electron chi connectivity index (χ1n) is 5.83. The highest BCUT2D eigenvalue weighted by Crippen LogP contribution is 2.29.